The summed E-state index contributed by atoms with van der Waals surface area (Å²) < 4.78 is 0.915. The maximum absolute atomic E-state index is 5.88. The largest absolute Gasteiger partial charge is 0.131 e. The lowest BCUT2D eigenvalue weighted by Gasteiger charge is -2.00. The van der Waals surface area contributed by atoms with E-state index in [2.05, 4.69) is 19.9 Å². The fourth-order valence-electron chi connectivity index (χ4n) is 0.619. The van der Waals surface area contributed by atoms with Crippen LogP contribution >= 0.6 is 34.7 Å². The van der Waals surface area contributed by atoms with Gasteiger partial charge in [-0.3, -0.25) is 0 Å². The molecule has 3 heteroatoms. The Kier molecular flexibility index (Phi) is 3.08. The molecule has 56 valence electrons. The lowest BCUT2D eigenvalue weighted by Crippen LogP contribution is -1.83. The van der Waals surface area contributed by atoms with Crippen molar-refractivity contribution in [2.75, 3.05) is 0 Å². The quantitative estimate of drug-likeness (QED) is 0.641. The number of thiophene rings is 1. The van der Waals surface area contributed by atoms with E-state index in [4.69, 9.17) is 11.6 Å². The van der Waals surface area contributed by atoms with Crippen LogP contribution in [0.15, 0.2) is 16.3 Å². The fraction of sp³-hybridized carbons (Fsp3) is 0.429. The van der Waals surface area contributed by atoms with Crippen LogP contribution in [0.2, 0.25) is 4.34 Å². The standard InChI is InChI=1S/C7H9ClS2/c1-5(2)10-6-3-4-9-7(6)8/h3-5H,1-2H3. The molecule has 0 radical (unpaired) electrons. The van der Waals surface area contributed by atoms with E-state index in [0.29, 0.717) is 5.25 Å². The predicted octanol–water partition coefficient (Wildman–Crippen LogP) is 3.90. The van der Waals surface area contributed by atoms with Gasteiger partial charge in [-0.15, -0.1) is 23.1 Å². The van der Waals surface area contributed by atoms with E-state index in [0.717, 1.165) is 4.34 Å². The van der Waals surface area contributed by atoms with Gasteiger partial charge in [0.1, 0.15) is 4.34 Å². The minimum absolute atomic E-state index is 0.618. The van der Waals surface area contributed by atoms with Gasteiger partial charge in [-0.05, 0) is 11.4 Å². The molecule has 1 aromatic heterocycles. The van der Waals surface area contributed by atoms with Crippen LogP contribution in [-0.2, 0) is 0 Å². The van der Waals surface area contributed by atoms with E-state index < -0.39 is 0 Å². The Labute approximate surface area is 74.6 Å². The molecule has 1 heterocycles. The molecule has 0 aliphatic heterocycles. The van der Waals surface area contributed by atoms with Gasteiger partial charge in [-0.1, -0.05) is 25.4 Å². The number of hydrogen-bond acceptors (Lipinski definition) is 2. The molecule has 0 aliphatic rings. The third kappa shape index (κ3) is 2.19. The summed E-state index contributed by atoms with van der Waals surface area (Å²) in [7, 11) is 0. The summed E-state index contributed by atoms with van der Waals surface area (Å²) in [6.07, 6.45) is 0. The monoisotopic (exact) mass is 192 g/mol. The molecule has 1 rings (SSSR count). The third-order valence-corrected chi connectivity index (χ3v) is 3.42. The van der Waals surface area contributed by atoms with Crippen LogP contribution in [0.3, 0.4) is 0 Å². The molecule has 0 saturated heterocycles. The van der Waals surface area contributed by atoms with Crippen molar-refractivity contribution in [1.29, 1.82) is 0 Å². The SMILES string of the molecule is CC(C)Sc1ccsc1Cl. The van der Waals surface area contributed by atoms with Gasteiger partial charge in [0.2, 0.25) is 0 Å². The van der Waals surface area contributed by atoms with Crippen LogP contribution in [0.25, 0.3) is 0 Å². The highest BCUT2D eigenvalue weighted by Gasteiger charge is 2.03. The Morgan fingerprint density at radius 3 is 2.70 bits per heavy atom. The summed E-state index contributed by atoms with van der Waals surface area (Å²) in [5.74, 6) is 0. The molecule has 1 aromatic rings. The number of hydrogen-bond donors (Lipinski definition) is 0. The average Bonchev–Trinajstić information content (AvgIpc) is 2.15. The second-order valence-corrected chi connectivity index (χ2v) is 5.36. The Morgan fingerprint density at radius 2 is 2.30 bits per heavy atom. The van der Waals surface area contributed by atoms with Crippen molar-refractivity contribution in [3.8, 4) is 0 Å². The molecule has 0 spiro atoms. The summed E-state index contributed by atoms with van der Waals surface area (Å²) in [5, 5.41) is 2.64. The maximum atomic E-state index is 5.88. The number of thioether (sulfide) groups is 1. The zero-order chi connectivity index (χ0) is 7.56. The molecule has 0 aromatic carbocycles. The smallest absolute Gasteiger partial charge is 0.106 e. The highest BCUT2D eigenvalue weighted by atomic mass is 35.5. The van der Waals surface area contributed by atoms with Crippen molar-refractivity contribution in [3.05, 3.63) is 15.8 Å². The second kappa shape index (κ2) is 3.65. The first kappa shape index (κ1) is 8.44. The first-order valence-electron chi connectivity index (χ1n) is 3.10. The molecule has 10 heavy (non-hydrogen) atoms. The topological polar surface area (TPSA) is 0 Å². The van der Waals surface area contributed by atoms with Crippen molar-refractivity contribution in [3.63, 3.8) is 0 Å². The second-order valence-electron chi connectivity index (χ2n) is 2.23. The number of rotatable bonds is 2. The van der Waals surface area contributed by atoms with Gasteiger partial charge in [0.05, 0.1) is 0 Å². The summed E-state index contributed by atoms with van der Waals surface area (Å²) in [5.41, 5.74) is 0. The van der Waals surface area contributed by atoms with Crippen LogP contribution in [0, 0.1) is 0 Å². The molecule has 0 bridgehead atoms. The molecular formula is C7H9ClS2. The minimum Gasteiger partial charge on any atom is -0.131 e. The Morgan fingerprint density at radius 1 is 1.60 bits per heavy atom. The Hall–Kier alpha value is 0.340. The zero-order valence-corrected chi connectivity index (χ0v) is 8.32. The highest BCUT2D eigenvalue weighted by Crippen LogP contribution is 2.33. The first-order valence-corrected chi connectivity index (χ1v) is 5.23. The maximum Gasteiger partial charge on any atom is 0.106 e. The van der Waals surface area contributed by atoms with Crippen LogP contribution in [-0.4, -0.2) is 5.25 Å². The van der Waals surface area contributed by atoms with Crippen molar-refractivity contribution >= 4 is 34.7 Å². The van der Waals surface area contributed by atoms with Gasteiger partial charge in [-0.25, -0.2) is 0 Å². The normalized spacial score (nSPS) is 10.8. The summed E-state index contributed by atoms with van der Waals surface area (Å²) in [6, 6.07) is 2.07. The first-order chi connectivity index (χ1) is 4.70. The van der Waals surface area contributed by atoms with Gasteiger partial charge in [0.15, 0.2) is 0 Å². The lowest BCUT2D eigenvalue weighted by molar-refractivity contribution is 1.11. The van der Waals surface area contributed by atoms with Gasteiger partial charge < -0.3 is 0 Å². The van der Waals surface area contributed by atoms with Crippen LogP contribution in [0.4, 0.5) is 0 Å². The van der Waals surface area contributed by atoms with Gasteiger partial charge >= 0.3 is 0 Å². The molecule has 0 nitrogen and oxygen atoms in total. The summed E-state index contributed by atoms with van der Waals surface area (Å²) in [6.45, 7) is 4.33. The molecule has 0 amide bonds. The van der Waals surface area contributed by atoms with Crippen molar-refractivity contribution < 1.29 is 0 Å². The highest BCUT2D eigenvalue weighted by molar-refractivity contribution is 8.00. The molecule has 0 saturated carbocycles. The fourth-order valence-corrected chi connectivity index (χ4v) is 2.60. The molecule has 0 fully saturated rings. The van der Waals surface area contributed by atoms with Crippen LogP contribution < -0.4 is 0 Å². The van der Waals surface area contributed by atoms with Crippen LogP contribution in [0.5, 0.6) is 0 Å². The zero-order valence-electron chi connectivity index (χ0n) is 5.93. The Bertz CT molecular complexity index is 205. The van der Waals surface area contributed by atoms with Crippen molar-refractivity contribution in [1.82, 2.24) is 0 Å². The van der Waals surface area contributed by atoms with E-state index in [-0.39, 0.29) is 0 Å². The molecule has 0 atom stereocenters. The predicted molar refractivity (Wildman–Crippen MR) is 50.3 cm³/mol. The Balaban J connectivity index is 2.65. The van der Waals surface area contributed by atoms with Gasteiger partial charge in [-0.2, -0.15) is 0 Å². The van der Waals surface area contributed by atoms with E-state index in [9.17, 15) is 0 Å². The minimum atomic E-state index is 0.618. The van der Waals surface area contributed by atoms with Crippen molar-refractivity contribution in [2.24, 2.45) is 0 Å². The van der Waals surface area contributed by atoms with E-state index in [1.165, 1.54) is 4.90 Å². The molecule has 0 N–H and O–H groups in total. The average molecular weight is 193 g/mol. The van der Waals surface area contributed by atoms with Gasteiger partial charge in [0, 0.05) is 10.1 Å². The van der Waals surface area contributed by atoms with E-state index >= 15 is 0 Å². The lowest BCUT2D eigenvalue weighted by atomic mass is 10.6. The van der Waals surface area contributed by atoms with Crippen molar-refractivity contribution in [2.45, 2.75) is 24.0 Å². The van der Waals surface area contributed by atoms with E-state index in [1.54, 1.807) is 11.3 Å². The molecular weight excluding hydrogens is 184 g/mol. The molecule has 0 unspecified atom stereocenters. The molecule has 0 aliphatic carbocycles. The van der Waals surface area contributed by atoms with E-state index in [1.807, 2.05) is 17.1 Å². The summed E-state index contributed by atoms with van der Waals surface area (Å²) >= 11 is 9.28. The summed E-state index contributed by atoms with van der Waals surface area (Å²) in [4.78, 5) is 1.21. The third-order valence-electron chi connectivity index (χ3n) is 0.947. The number of halogens is 1. The van der Waals surface area contributed by atoms with Gasteiger partial charge in [0.25, 0.3) is 0 Å². The van der Waals surface area contributed by atoms with Crippen LogP contribution in [0.1, 0.15) is 13.8 Å².